The molecular formula is C49H80N2O6. The Kier molecular flexibility index (Phi) is 10.6. The number of rotatable bonds is 10. The number of nitrogens with one attached hydrogen (secondary N) is 1. The fourth-order valence-electron chi connectivity index (χ4n) is 16.2. The molecule has 0 aromatic heterocycles. The van der Waals surface area contributed by atoms with E-state index in [1.165, 1.54) is 38.5 Å². The van der Waals surface area contributed by atoms with E-state index in [-0.39, 0.29) is 58.7 Å². The van der Waals surface area contributed by atoms with Crippen molar-refractivity contribution in [2.45, 2.75) is 211 Å². The van der Waals surface area contributed by atoms with Crippen molar-refractivity contribution < 1.29 is 29.6 Å². The molecule has 3 aliphatic heterocycles. The van der Waals surface area contributed by atoms with E-state index in [0.717, 1.165) is 107 Å². The fourth-order valence-corrected chi connectivity index (χ4v) is 16.2. The molecule has 0 bridgehead atoms. The van der Waals surface area contributed by atoms with Gasteiger partial charge >= 0.3 is 0 Å². The van der Waals surface area contributed by atoms with Gasteiger partial charge in [-0.3, -0.25) is 4.79 Å². The highest BCUT2D eigenvalue weighted by Gasteiger charge is 2.78. The summed E-state index contributed by atoms with van der Waals surface area (Å²) in [4.78, 5) is 14.8. The van der Waals surface area contributed by atoms with Gasteiger partial charge in [0.15, 0.2) is 5.78 Å². The maximum absolute atomic E-state index is 14.8. The summed E-state index contributed by atoms with van der Waals surface area (Å²) in [6.07, 6.45) is 19.6. The number of piperidine rings is 1. The molecule has 6 aliphatic carbocycles. The molecule has 3 saturated heterocycles. The lowest BCUT2D eigenvalue weighted by atomic mass is 9.40. The molecule has 0 amide bonds. The zero-order valence-corrected chi connectivity index (χ0v) is 36.6. The predicted octanol–water partition coefficient (Wildman–Crippen LogP) is 7.99. The van der Waals surface area contributed by atoms with Crippen LogP contribution in [-0.2, 0) is 14.3 Å². The third-order valence-electron chi connectivity index (χ3n) is 19.9. The first kappa shape index (κ1) is 41.5. The standard InChI is InChI=1S/C49H80N2O6/c1-29-19-23-56-48(27-29,43-42(57-43)47(6,54)44(2,3)20-16-31-18-22-51-38(50)24-31)37-25-33-14-15-35-40-39(45(4)21-17-34(52)26-36(45)41(35)53)32(28-46(37,5)49(33,40)55)13-12-30-10-8-7-9-11-30/h29-34,36-39,42-43,51-52,54-55H,7-28,50H2,1-6H3. The van der Waals surface area contributed by atoms with Crippen LogP contribution in [0, 0.1) is 63.6 Å². The molecule has 6 N–H and O–H groups in total. The molecule has 0 aromatic carbocycles. The average Bonchev–Trinajstić information content (AvgIpc) is 3.96. The molecule has 16 unspecified atom stereocenters. The van der Waals surface area contributed by atoms with Crippen LogP contribution in [0.2, 0.25) is 0 Å². The zero-order chi connectivity index (χ0) is 40.3. The Labute approximate surface area is 344 Å². The van der Waals surface area contributed by atoms with E-state index in [2.05, 4.69) is 39.9 Å². The third-order valence-corrected chi connectivity index (χ3v) is 19.9. The summed E-state index contributed by atoms with van der Waals surface area (Å²) in [6.45, 7) is 15.3. The Morgan fingerprint density at radius 3 is 2.44 bits per heavy atom. The molecule has 7 fully saturated rings. The second kappa shape index (κ2) is 14.6. The fraction of sp³-hybridized carbons (Fsp3) is 0.939. The van der Waals surface area contributed by atoms with Crippen LogP contribution in [0.5, 0.6) is 0 Å². The number of Topliss-reactive ketones (excluding diaryl/α,β-unsaturated/α-hetero) is 1. The zero-order valence-electron chi connectivity index (χ0n) is 36.6. The monoisotopic (exact) mass is 793 g/mol. The molecule has 8 heteroatoms. The molecule has 0 aromatic rings. The topological polar surface area (TPSA) is 138 Å². The van der Waals surface area contributed by atoms with Crippen LogP contribution in [0.3, 0.4) is 0 Å². The predicted molar refractivity (Wildman–Crippen MR) is 223 cm³/mol. The molecule has 16 atom stereocenters. The number of allylic oxidation sites excluding steroid dienone is 1. The summed E-state index contributed by atoms with van der Waals surface area (Å²) in [5, 5.41) is 41.0. The van der Waals surface area contributed by atoms with Gasteiger partial charge in [0.2, 0.25) is 0 Å². The minimum absolute atomic E-state index is 0.0479. The quantitative estimate of drug-likeness (QED) is 0.141. The van der Waals surface area contributed by atoms with Gasteiger partial charge in [-0.25, -0.2) is 0 Å². The molecule has 3 heterocycles. The smallest absolute Gasteiger partial charge is 0.162 e. The number of carbonyl (C=O) groups excluding carboxylic acids is 1. The van der Waals surface area contributed by atoms with Crippen LogP contribution in [0.25, 0.3) is 0 Å². The van der Waals surface area contributed by atoms with E-state index in [9.17, 15) is 20.1 Å². The van der Waals surface area contributed by atoms with E-state index in [0.29, 0.717) is 30.8 Å². The van der Waals surface area contributed by atoms with Crippen molar-refractivity contribution in [2.75, 3.05) is 13.2 Å². The van der Waals surface area contributed by atoms with Crippen molar-refractivity contribution in [3.8, 4) is 0 Å². The first-order valence-corrected chi connectivity index (χ1v) is 24.1. The van der Waals surface area contributed by atoms with E-state index >= 15 is 0 Å². The lowest BCUT2D eigenvalue weighted by Gasteiger charge is -2.66. The van der Waals surface area contributed by atoms with Crippen molar-refractivity contribution >= 4 is 5.78 Å². The lowest BCUT2D eigenvalue weighted by molar-refractivity contribution is -0.205. The number of ether oxygens (including phenoxy) is 2. The van der Waals surface area contributed by atoms with E-state index < -0.39 is 28.3 Å². The number of hydrogen-bond donors (Lipinski definition) is 5. The highest BCUT2D eigenvalue weighted by Crippen LogP contribution is 2.76. The number of fused-ring (bicyclic) bond motifs is 2. The van der Waals surface area contributed by atoms with Gasteiger partial charge in [0.25, 0.3) is 0 Å². The first-order chi connectivity index (χ1) is 27.0. The maximum atomic E-state index is 14.8. The summed E-state index contributed by atoms with van der Waals surface area (Å²) in [5.41, 5.74) is 4.50. The van der Waals surface area contributed by atoms with Crippen LogP contribution in [0.1, 0.15) is 170 Å². The highest BCUT2D eigenvalue weighted by atomic mass is 16.6. The Hall–Kier alpha value is -0.870. The number of aliphatic hydroxyl groups excluding tert-OH is 1. The number of hydrogen-bond acceptors (Lipinski definition) is 8. The van der Waals surface area contributed by atoms with Crippen LogP contribution in [0.15, 0.2) is 11.1 Å². The van der Waals surface area contributed by atoms with Crippen molar-refractivity contribution in [1.82, 2.24) is 5.32 Å². The van der Waals surface area contributed by atoms with Gasteiger partial charge in [-0.15, -0.1) is 0 Å². The summed E-state index contributed by atoms with van der Waals surface area (Å²) < 4.78 is 14.2. The van der Waals surface area contributed by atoms with Crippen LogP contribution in [-0.4, -0.2) is 75.5 Å². The molecule has 0 radical (unpaired) electrons. The largest absolute Gasteiger partial charge is 0.393 e. The van der Waals surface area contributed by atoms with Crippen molar-refractivity contribution in [1.29, 1.82) is 0 Å². The Morgan fingerprint density at radius 2 is 1.70 bits per heavy atom. The van der Waals surface area contributed by atoms with E-state index in [1.807, 2.05) is 6.92 Å². The van der Waals surface area contributed by atoms with E-state index in [1.54, 1.807) is 0 Å². The summed E-state index contributed by atoms with van der Waals surface area (Å²) in [6, 6.07) is 0. The van der Waals surface area contributed by atoms with Crippen molar-refractivity contribution in [3.05, 3.63) is 11.1 Å². The SMILES string of the molecule is CC1CCOC(C2OC2C(C)(O)C(C)(C)CCC2CCNC(N)C2)(C2CC3CCC4=C5C(C(CCC6CCCCC6)CC2(C)C53O)C2(C)CCC(O)CC2C4=O)C1. The third kappa shape index (κ3) is 6.38. The van der Waals surface area contributed by atoms with Crippen molar-refractivity contribution in [2.24, 2.45) is 69.3 Å². The molecule has 8 nitrogen and oxygen atoms in total. The molecular weight excluding hydrogens is 713 g/mol. The Morgan fingerprint density at radius 1 is 0.930 bits per heavy atom. The highest BCUT2D eigenvalue weighted by molar-refractivity contribution is 6.00. The second-order valence-corrected chi connectivity index (χ2v) is 23.4. The summed E-state index contributed by atoms with van der Waals surface area (Å²) in [7, 11) is 0. The van der Waals surface area contributed by atoms with Gasteiger partial charge in [-0.05, 0) is 167 Å². The van der Waals surface area contributed by atoms with Crippen LogP contribution >= 0.6 is 0 Å². The number of epoxide rings is 1. The minimum atomic E-state index is -1.07. The van der Waals surface area contributed by atoms with Gasteiger partial charge in [-0.1, -0.05) is 73.1 Å². The lowest BCUT2D eigenvalue weighted by Crippen LogP contribution is -2.67. The summed E-state index contributed by atoms with van der Waals surface area (Å²) in [5.74, 6) is 2.52. The molecule has 4 saturated carbocycles. The molecule has 322 valence electrons. The molecule has 57 heavy (non-hydrogen) atoms. The second-order valence-electron chi connectivity index (χ2n) is 23.4. The van der Waals surface area contributed by atoms with E-state index in [4.69, 9.17) is 15.2 Å². The summed E-state index contributed by atoms with van der Waals surface area (Å²) >= 11 is 0. The number of nitrogens with two attached hydrogens (primary N) is 1. The first-order valence-electron chi connectivity index (χ1n) is 24.1. The van der Waals surface area contributed by atoms with Crippen LogP contribution < -0.4 is 11.1 Å². The van der Waals surface area contributed by atoms with Gasteiger partial charge in [-0.2, -0.15) is 0 Å². The minimum Gasteiger partial charge on any atom is -0.393 e. The molecule has 9 aliphatic rings. The number of aliphatic hydroxyl groups is 3. The van der Waals surface area contributed by atoms with Gasteiger partial charge < -0.3 is 35.8 Å². The Bertz CT molecular complexity index is 1570. The van der Waals surface area contributed by atoms with Gasteiger partial charge in [0, 0.05) is 17.9 Å². The molecule has 0 spiro atoms. The number of ketones is 1. The maximum Gasteiger partial charge on any atom is 0.162 e. The number of carbonyl (C=O) groups is 1. The molecule has 9 rings (SSSR count). The average molecular weight is 793 g/mol. The van der Waals surface area contributed by atoms with Crippen LogP contribution in [0.4, 0.5) is 0 Å². The van der Waals surface area contributed by atoms with Crippen molar-refractivity contribution in [3.63, 3.8) is 0 Å². The van der Waals surface area contributed by atoms with Gasteiger partial charge in [0.1, 0.15) is 17.8 Å². The normalized spacial score (nSPS) is 49.9. The van der Waals surface area contributed by atoms with Gasteiger partial charge in [0.05, 0.1) is 23.5 Å². The Balaban J connectivity index is 1.08.